The Kier molecular flexibility index (Phi) is 5.20. The van der Waals surface area contributed by atoms with Gasteiger partial charge in [-0.15, -0.1) is 0 Å². The SMILES string of the molecule is CCN(CC)Cc1ccc(C(=O)N2CCCC2CO)o1. The Morgan fingerprint density at radius 2 is 2.20 bits per heavy atom. The summed E-state index contributed by atoms with van der Waals surface area (Å²) in [4.78, 5) is 16.3. The number of amides is 1. The van der Waals surface area contributed by atoms with Gasteiger partial charge >= 0.3 is 0 Å². The first-order chi connectivity index (χ1) is 9.69. The van der Waals surface area contributed by atoms with E-state index in [4.69, 9.17) is 4.42 Å². The van der Waals surface area contributed by atoms with Gasteiger partial charge in [0.15, 0.2) is 5.76 Å². The molecule has 2 rings (SSSR count). The maximum atomic E-state index is 12.4. The molecule has 0 radical (unpaired) electrons. The van der Waals surface area contributed by atoms with Crippen molar-refractivity contribution in [2.75, 3.05) is 26.2 Å². The van der Waals surface area contributed by atoms with Crippen molar-refractivity contribution < 1.29 is 14.3 Å². The van der Waals surface area contributed by atoms with Gasteiger partial charge in [-0.25, -0.2) is 0 Å². The number of hydrogen-bond acceptors (Lipinski definition) is 4. The fourth-order valence-corrected chi connectivity index (χ4v) is 2.68. The normalized spacial score (nSPS) is 19.0. The summed E-state index contributed by atoms with van der Waals surface area (Å²) in [5, 5.41) is 9.29. The summed E-state index contributed by atoms with van der Waals surface area (Å²) < 4.78 is 5.67. The number of aliphatic hydroxyl groups excluding tert-OH is 1. The van der Waals surface area contributed by atoms with Crippen LogP contribution in [0.25, 0.3) is 0 Å². The molecule has 0 saturated carbocycles. The van der Waals surface area contributed by atoms with Crippen molar-refractivity contribution >= 4 is 5.91 Å². The molecule has 0 aliphatic carbocycles. The van der Waals surface area contributed by atoms with Crippen molar-refractivity contribution in [1.82, 2.24) is 9.80 Å². The second-order valence-electron chi connectivity index (χ2n) is 5.20. The third kappa shape index (κ3) is 3.22. The van der Waals surface area contributed by atoms with E-state index in [1.807, 2.05) is 6.07 Å². The van der Waals surface area contributed by atoms with Crippen molar-refractivity contribution in [3.8, 4) is 0 Å². The van der Waals surface area contributed by atoms with E-state index in [0.717, 1.165) is 38.2 Å². The molecular formula is C15H24N2O3. The summed E-state index contributed by atoms with van der Waals surface area (Å²) in [5.41, 5.74) is 0. The molecule has 2 heterocycles. The Bertz CT molecular complexity index is 440. The average molecular weight is 280 g/mol. The maximum Gasteiger partial charge on any atom is 0.289 e. The predicted octanol–water partition coefficient (Wildman–Crippen LogP) is 1.72. The van der Waals surface area contributed by atoms with E-state index < -0.39 is 0 Å². The Balaban J connectivity index is 2.02. The van der Waals surface area contributed by atoms with Crippen molar-refractivity contribution in [3.63, 3.8) is 0 Å². The Morgan fingerprint density at radius 3 is 2.85 bits per heavy atom. The van der Waals surface area contributed by atoms with Gasteiger partial charge in [0, 0.05) is 6.54 Å². The van der Waals surface area contributed by atoms with Gasteiger partial charge in [-0.3, -0.25) is 9.69 Å². The molecule has 5 nitrogen and oxygen atoms in total. The van der Waals surface area contributed by atoms with Gasteiger partial charge in [0.2, 0.25) is 0 Å². The zero-order valence-electron chi connectivity index (χ0n) is 12.3. The average Bonchev–Trinajstić information content (AvgIpc) is 3.12. The lowest BCUT2D eigenvalue weighted by Crippen LogP contribution is -2.37. The summed E-state index contributed by atoms with van der Waals surface area (Å²) >= 11 is 0. The summed E-state index contributed by atoms with van der Waals surface area (Å²) in [7, 11) is 0. The number of hydrogen-bond donors (Lipinski definition) is 1. The first kappa shape index (κ1) is 15.1. The highest BCUT2D eigenvalue weighted by molar-refractivity contribution is 5.92. The van der Waals surface area contributed by atoms with E-state index >= 15 is 0 Å². The smallest absolute Gasteiger partial charge is 0.289 e. The number of carbonyl (C=O) groups excluding carboxylic acids is 1. The molecule has 20 heavy (non-hydrogen) atoms. The van der Waals surface area contributed by atoms with E-state index in [2.05, 4.69) is 18.7 Å². The number of carbonyl (C=O) groups is 1. The van der Waals surface area contributed by atoms with Gasteiger partial charge in [0.1, 0.15) is 5.76 Å². The highest BCUT2D eigenvalue weighted by Gasteiger charge is 2.30. The molecule has 1 N–H and O–H groups in total. The van der Waals surface area contributed by atoms with E-state index in [1.54, 1.807) is 11.0 Å². The number of nitrogens with zero attached hydrogens (tertiary/aromatic N) is 2. The van der Waals surface area contributed by atoms with Crippen molar-refractivity contribution in [3.05, 3.63) is 23.7 Å². The molecule has 0 bridgehead atoms. The molecule has 1 aliphatic heterocycles. The molecule has 1 aromatic heterocycles. The van der Waals surface area contributed by atoms with E-state index in [1.165, 1.54) is 0 Å². The molecule has 1 atom stereocenters. The van der Waals surface area contributed by atoms with Crippen LogP contribution in [0, 0.1) is 0 Å². The molecular weight excluding hydrogens is 256 g/mol. The quantitative estimate of drug-likeness (QED) is 0.862. The zero-order valence-corrected chi connectivity index (χ0v) is 12.3. The summed E-state index contributed by atoms with van der Waals surface area (Å²) in [6, 6.07) is 3.56. The highest BCUT2D eigenvalue weighted by atomic mass is 16.4. The lowest BCUT2D eigenvalue weighted by Gasteiger charge is -2.21. The summed E-state index contributed by atoms with van der Waals surface area (Å²) in [6.45, 7) is 7.58. The molecule has 1 unspecified atom stereocenters. The van der Waals surface area contributed by atoms with Gasteiger partial charge in [-0.1, -0.05) is 13.8 Å². The fourth-order valence-electron chi connectivity index (χ4n) is 2.68. The second kappa shape index (κ2) is 6.90. The van der Waals surface area contributed by atoms with E-state index in [-0.39, 0.29) is 18.6 Å². The third-order valence-corrected chi connectivity index (χ3v) is 4.00. The zero-order chi connectivity index (χ0) is 14.5. The lowest BCUT2D eigenvalue weighted by molar-refractivity contribution is 0.0642. The molecule has 0 aromatic carbocycles. The van der Waals surface area contributed by atoms with Crippen LogP contribution in [0.1, 0.15) is 43.0 Å². The molecule has 0 spiro atoms. The first-order valence-electron chi connectivity index (χ1n) is 7.42. The second-order valence-corrected chi connectivity index (χ2v) is 5.20. The van der Waals surface area contributed by atoms with Crippen molar-refractivity contribution in [1.29, 1.82) is 0 Å². The lowest BCUT2D eigenvalue weighted by atomic mass is 10.2. The van der Waals surface area contributed by atoms with Gasteiger partial charge in [0.05, 0.1) is 19.2 Å². The molecule has 1 aliphatic rings. The monoisotopic (exact) mass is 280 g/mol. The fraction of sp³-hybridized carbons (Fsp3) is 0.667. The minimum atomic E-state index is -0.104. The van der Waals surface area contributed by atoms with Crippen LogP contribution in [0.3, 0.4) is 0 Å². The van der Waals surface area contributed by atoms with Crippen molar-refractivity contribution in [2.45, 2.75) is 39.3 Å². The van der Waals surface area contributed by atoms with Crippen LogP contribution >= 0.6 is 0 Å². The minimum absolute atomic E-state index is 0.0265. The topological polar surface area (TPSA) is 56.9 Å². The first-order valence-corrected chi connectivity index (χ1v) is 7.42. The van der Waals surface area contributed by atoms with E-state index in [0.29, 0.717) is 12.3 Å². The van der Waals surface area contributed by atoms with Gasteiger partial charge in [-0.2, -0.15) is 0 Å². The standard InChI is InChI=1S/C15H24N2O3/c1-3-16(4-2)10-13-7-8-14(20-13)15(19)17-9-5-6-12(17)11-18/h7-8,12,18H,3-6,9-11H2,1-2H3. The maximum absolute atomic E-state index is 12.4. The number of furan rings is 1. The Hall–Kier alpha value is -1.33. The molecule has 1 fully saturated rings. The Labute approximate surface area is 120 Å². The third-order valence-electron chi connectivity index (χ3n) is 4.00. The highest BCUT2D eigenvalue weighted by Crippen LogP contribution is 2.21. The van der Waals surface area contributed by atoms with Gasteiger partial charge < -0.3 is 14.4 Å². The van der Waals surface area contributed by atoms with Gasteiger partial charge in [-0.05, 0) is 38.1 Å². The summed E-state index contributed by atoms with van der Waals surface area (Å²) in [6.07, 6.45) is 1.82. The number of likely N-dealkylation sites (tertiary alicyclic amines) is 1. The van der Waals surface area contributed by atoms with Crippen LogP contribution in [0.5, 0.6) is 0 Å². The molecule has 1 amide bonds. The largest absolute Gasteiger partial charge is 0.455 e. The Morgan fingerprint density at radius 1 is 1.45 bits per heavy atom. The van der Waals surface area contributed by atoms with Gasteiger partial charge in [0.25, 0.3) is 5.91 Å². The minimum Gasteiger partial charge on any atom is -0.455 e. The van der Waals surface area contributed by atoms with Crippen LogP contribution in [-0.2, 0) is 6.54 Å². The van der Waals surface area contributed by atoms with Crippen LogP contribution < -0.4 is 0 Å². The van der Waals surface area contributed by atoms with Crippen LogP contribution in [-0.4, -0.2) is 53.1 Å². The number of rotatable bonds is 6. The van der Waals surface area contributed by atoms with E-state index in [9.17, 15) is 9.90 Å². The van der Waals surface area contributed by atoms with Crippen LogP contribution in [0.2, 0.25) is 0 Å². The molecule has 5 heteroatoms. The molecule has 112 valence electrons. The van der Waals surface area contributed by atoms with Crippen molar-refractivity contribution in [2.24, 2.45) is 0 Å². The molecule has 1 saturated heterocycles. The summed E-state index contributed by atoms with van der Waals surface area (Å²) in [5.74, 6) is 1.09. The van der Waals surface area contributed by atoms with Crippen LogP contribution in [0.4, 0.5) is 0 Å². The predicted molar refractivity (Wildman–Crippen MR) is 76.5 cm³/mol. The van der Waals surface area contributed by atoms with Crippen LogP contribution in [0.15, 0.2) is 16.5 Å². The number of aliphatic hydroxyl groups is 1. The molecule has 1 aromatic rings.